The van der Waals surface area contributed by atoms with E-state index in [2.05, 4.69) is 20.2 Å². The lowest BCUT2D eigenvalue weighted by Gasteiger charge is -2.21. The van der Waals surface area contributed by atoms with Crippen LogP contribution in [-0.2, 0) is 17.6 Å². The Hall–Kier alpha value is -1.15. The van der Waals surface area contributed by atoms with Crippen molar-refractivity contribution in [2.24, 2.45) is 5.92 Å². The Balaban J connectivity index is 1.64. The van der Waals surface area contributed by atoms with Gasteiger partial charge in [-0.3, -0.25) is 0 Å². The molecule has 120 valence electrons. The summed E-state index contributed by atoms with van der Waals surface area (Å²) >= 11 is 0. The van der Waals surface area contributed by atoms with Crippen LogP contribution in [0.1, 0.15) is 31.0 Å². The Labute approximate surface area is 121 Å². The van der Waals surface area contributed by atoms with E-state index in [1.165, 1.54) is 12.8 Å². The van der Waals surface area contributed by atoms with E-state index in [1.54, 1.807) is 0 Å². The number of aryl methyl sites for hydroxylation is 1. The summed E-state index contributed by atoms with van der Waals surface area (Å²) in [6.45, 7) is 0.794. The molecule has 0 aromatic carbocycles. The zero-order valence-electron chi connectivity index (χ0n) is 11.8. The second-order valence-electron chi connectivity index (χ2n) is 5.27. The summed E-state index contributed by atoms with van der Waals surface area (Å²) in [5.41, 5.74) is 0. The first-order valence-corrected chi connectivity index (χ1v) is 7.19. The van der Waals surface area contributed by atoms with Crippen molar-refractivity contribution in [3.05, 3.63) is 11.7 Å². The number of alkyl halides is 3. The Morgan fingerprint density at radius 1 is 1.33 bits per heavy atom. The van der Waals surface area contributed by atoms with E-state index >= 15 is 0 Å². The van der Waals surface area contributed by atoms with E-state index in [0.29, 0.717) is 24.1 Å². The van der Waals surface area contributed by atoms with Gasteiger partial charge in [0.2, 0.25) is 5.89 Å². The van der Waals surface area contributed by atoms with Crippen molar-refractivity contribution in [1.82, 2.24) is 15.5 Å². The lowest BCUT2D eigenvalue weighted by Crippen LogP contribution is -2.29. The summed E-state index contributed by atoms with van der Waals surface area (Å²) in [6, 6.07) is 0. The quantitative estimate of drug-likeness (QED) is 0.782. The highest BCUT2D eigenvalue weighted by molar-refractivity contribution is 4.87. The molecule has 0 bridgehead atoms. The van der Waals surface area contributed by atoms with Gasteiger partial charge in [0.25, 0.3) is 0 Å². The zero-order valence-corrected chi connectivity index (χ0v) is 11.8. The zero-order chi connectivity index (χ0) is 15.1. The highest BCUT2D eigenvalue weighted by Gasteiger charge is 2.27. The highest BCUT2D eigenvalue weighted by atomic mass is 19.4. The molecule has 8 heteroatoms. The van der Waals surface area contributed by atoms with Crippen LogP contribution in [0.2, 0.25) is 0 Å². The van der Waals surface area contributed by atoms with Gasteiger partial charge in [0, 0.05) is 12.8 Å². The lowest BCUT2D eigenvalue weighted by molar-refractivity contribution is -0.173. The van der Waals surface area contributed by atoms with Gasteiger partial charge in [-0.1, -0.05) is 5.16 Å². The van der Waals surface area contributed by atoms with Gasteiger partial charge in [-0.15, -0.1) is 0 Å². The van der Waals surface area contributed by atoms with Crippen molar-refractivity contribution in [2.75, 3.05) is 26.3 Å². The molecular weight excluding hydrogens is 287 g/mol. The maximum atomic E-state index is 11.9. The fourth-order valence-electron chi connectivity index (χ4n) is 2.34. The Bertz CT molecular complexity index is 417. The molecule has 0 aliphatic carbocycles. The van der Waals surface area contributed by atoms with Gasteiger partial charge >= 0.3 is 6.18 Å². The minimum atomic E-state index is -4.30. The molecule has 1 aromatic heterocycles. The van der Waals surface area contributed by atoms with E-state index in [1.807, 2.05) is 0 Å². The van der Waals surface area contributed by atoms with Crippen LogP contribution < -0.4 is 5.32 Å². The first kappa shape index (κ1) is 16.2. The van der Waals surface area contributed by atoms with Crippen molar-refractivity contribution in [2.45, 2.75) is 38.3 Å². The van der Waals surface area contributed by atoms with Crippen molar-refractivity contribution >= 4 is 0 Å². The highest BCUT2D eigenvalue weighted by Crippen LogP contribution is 2.17. The number of piperidine rings is 1. The molecule has 1 aliphatic rings. The third-order valence-corrected chi connectivity index (χ3v) is 3.41. The molecule has 1 aliphatic heterocycles. The fourth-order valence-corrected chi connectivity index (χ4v) is 2.34. The van der Waals surface area contributed by atoms with E-state index in [-0.39, 0.29) is 13.0 Å². The lowest BCUT2D eigenvalue weighted by atomic mass is 9.95. The fraction of sp³-hybridized carbons (Fsp3) is 0.846. The van der Waals surface area contributed by atoms with Crippen LogP contribution in [0.15, 0.2) is 4.52 Å². The smallest absolute Gasteiger partial charge is 0.372 e. The molecule has 2 heterocycles. The molecule has 1 fully saturated rings. The van der Waals surface area contributed by atoms with Crippen LogP contribution in [-0.4, -0.2) is 42.6 Å². The number of halogens is 3. The van der Waals surface area contributed by atoms with E-state index < -0.39 is 12.8 Å². The molecule has 1 atom stereocenters. The standard InChI is InChI=1S/C13H20F3N3O2/c14-13(15,16)9-20-7-5-11-18-12(21-19-11)4-3-10-2-1-6-17-8-10/h10,17H,1-9H2. The Morgan fingerprint density at radius 3 is 2.90 bits per heavy atom. The van der Waals surface area contributed by atoms with Crippen LogP contribution in [0.4, 0.5) is 13.2 Å². The molecule has 1 aromatic rings. The number of aromatic nitrogens is 2. The molecule has 2 rings (SSSR count). The molecular formula is C13H20F3N3O2. The number of hydrogen-bond acceptors (Lipinski definition) is 5. The summed E-state index contributed by atoms with van der Waals surface area (Å²) in [5.74, 6) is 1.57. The molecule has 1 unspecified atom stereocenters. The van der Waals surface area contributed by atoms with E-state index in [9.17, 15) is 13.2 Å². The number of ether oxygens (including phenoxy) is 1. The SMILES string of the molecule is FC(F)(F)COCCc1noc(CCC2CCCNC2)n1. The van der Waals surface area contributed by atoms with Gasteiger partial charge in [-0.2, -0.15) is 18.2 Å². The number of nitrogens with one attached hydrogen (secondary N) is 1. The van der Waals surface area contributed by atoms with Crippen molar-refractivity contribution in [3.8, 4) is 0 Å². The van der Waals surface area contributed by atoms with Crippen molar-refractivity contribution in [3.63, 3.8) is 0 Å². The number of rotatable bonds is 7. The third kappa shape index (κ3) is 6.43. The van der Waals surface area contributed by atoms with Gasteiger partial charge in [0.05, 0.1) is 6.61 Å². The maximum Gasteiger partial charge on any atom is 0.411 e. The Morgan fingerprint density at radius 2 is 2.19 bits per heavy atom. The van der Waals surface area contributed by atoms with E-state index in [0.717, 1.165) is 19.5 Å². The van der Waals surface area contributed by atoms with Crippen molar-refractivity contribution < 1.29 is 22.4 Å². The van der Waals surface area contributed by atoms with Crippen LogP contribution in [0.5, 0.6) is 0 Å². The molecule has 0 spiro atoms. The minimum Gasteiger partial charge on any atom is -0.372 e. The summed E-state index contributed by atoms with van der Waals surface area (Å²) in [6.07, 6.45) is 0.0263. The largest absolute Gasteiger partial charge is 0.411 e. The summed E-state index contributed by atoms with van der Waals surface area (Å²) in [7, 11) is 0. The first-order valence-electron chi connectivity index (χ1n) is 7.19. The van der Waals surface area contributed by atoms with Crippen LogP contribution in [0.25, 0.3) is 0 Å². The molecule has 1 N–H and O–H groups in total. The number of nitrogens with zero attached hydrogens (tertiary/aromatic N) is 2. The summed E-state index contributed by atoms with van der Waals surface area (Å²) in [5, 5.41) is 7.10. The monoisotopic (exact) mass is 307 g/mol. The van der Waals surface area contributed by atoms with Crippen LogP contribution in [0, 0.1) is 5.92 Å². The summed E-state index contributed by atoms with van der Waals surface area (Å²) < 4.78 is 45.3. The predicted molar refractivity (Wildman–Crippen MR) is 68.8 cm³/mol. The predicted octanol–water partition coefficient (Wildman–Crippen LogP) is 2.12. The second kappa shape index (κ2) is 7.74. The molecule has 0 radical (unpaired) electrons. The molecule has 21 heavy (non-hydrogen) atoms. The van der Waals surface area contributed by atoms with Gasteiger partial charge in [0.1, 0.15) is 6.61 Å². The molecule has 5 nitrogen and oxygen atoms in total. The van der Waals surface area contributed by atoms with Crippen molar-refractivity contribution in [1.29, 1.82) is 0 Å². The molecule has 1 saturated heterocycles. The second-order valence-corrected chi connectivity index (χ2v) is 5.27. The van der Waals surface area contributed by atoms with E-state index in [4.69, 9.17) is 4.52 Å². The maximum absolute atomic E-state index is 11.9. The van der Waals surface area contributed by atoms with Gasteiger partial charge < -0.3 is 14.6 Å². The first-order chi connectivity index (χ1) is 10.0. The van der Waals surface area contributed by atoms with Gasteiger partial charge in [-0.25, -0.2) is 0 Å². The van der Waals surface area contributed by atoms with Gasteiger partial charge in [-0.05, 0) is 38.3 Å². The molecule has 0 amide bonds. The average Bonchev–Trinajstić information content (AvgIpc) is 2.89. The molecule has 0 saturated carbocycles. The normalized spacial score (nSPS) is 19.9. The van der Waals surface area contributed by atoms with Gasteiger partial charge in [0.15, 0.2) is 5.82 Å². The Kier molecular flexibility index (Phi) is 5.98. The minimum absolute atomic E-state index is 0.0645. The topological polar surface area (TPSA) is 60.2 Å². The van der Waals surface area contributed by atoms with Crippen LogP contribution >= 0.6 is 0 Å². The third-order valence-electron chi connectivity index (χ3n) is 3.41. The summed E-state index contributed by atoms with van der Waals surface area (Å²) in [4.78, 5) is 4.17. The number of hydrogen-bond donors (Lipinski definition) is 1. The average molecular weight is 307 g/mol. The van der Waals surface area contributed by atoms with Crippen LogP contribution in [0.3, 0.4) is 0 Å².